The largest absolute Gasteiger partial charge is 0.493 e. The number of halogens is 1. The second-order valence-corrected chi connectivity index (χ2v) is 9.05. The zero-order chi connectivity index (χ0) is 26.3. The molecule has 1 amide bonds. The number of hydrogen-bond donors (Lipinski definition) is 2. The molecule has 3 aromatic rings. The van der Waals surface area contributed by atoms with E-state index in [0.717, 1.165) is 22.7 Å². The molecule has 3 aromatic carbocycles. The molecular weight excluding hydrogens is 493 g/mol. The average molecular weight is 516 g/mol. The topological polar surface area (TPSA) is 135 Å². The van der Waals surface area contributed by atoms with Crippen LogP contribution in [0.25, 0.3) is 0 Å². The molecule has 3 rings (SSSR count). The molecule has 0 aliphatic carbocycles. The predicted octanol–water partition coefficient (Wildman–Crippen LogP) is 2.89. The summed E-state index contributed by atoms with van der Waals surface area (Å²) in [6, 6.07) is 14.5. The minimum atomic E-state index is -4.33. The lowest BCUT2D eigenvalue weighted by Gasteiger charge is -2.24. The number of hydrazone groups is 1. The molecule has 0 atom stereocenters. The van der Waals surface area contributed by atoms with E-state index in [9.17, 15) is 27.5 Å². The Morgan fingerprint density at radius 1 is 1.03 bits per heavy atom. The number of aromatic carboxylic acids is 1. The molecule has 10 nitrogen and oxygen atoms in total. The van der Waals surface area contributed by atoms with Crippen LogP contribution in [0.1, 0.15) is 15.9 Å². The monoisotopic (exact) mass is 515 g/mol. The van der Waals surface area contributed by atoms with Gasteiger partial charge in [-0.3, -0.25) is 9.10 Å². The second kappa shape index (κ2) is 11.3. The van der Waals surface area contributed by atoms with E-state index in [-0.39, 0.29) is 27.5 Å². The van der Waals surface area contributed by atoms with Gasteiger partial charge in [0, 0.05) is 11.6 Å². The van der Waals surface area contributed by atoms with E-state index in [2.05, 4.69) is 10.5 Å². The van der Waals surface area contributed by atoms with Crippen LogP contribution < -0.4 is 19.2 Å². The molecule has 0 aliphatic rings. The summed E-state index contributed by atoms with van der Waals surface area (Å²) in [5, 5.41) is 13.0. The number of ether oxygens (including phenoxy) is 2. The molecule has 0 saturated heterocycles. The van der Waals surface area contributed by atoms with E-state index in [0.29, 0.717) is 5.75 Å². The van der Waals surface area contributed by atoms with Gasteiger partial charge in [-0.25, -0.2) is 23.0 Å². The lowest BCUT2D eigenvalue weighted by atomic mass is 10.1. The van der Waals surface area contributed by atoms with Crippen LogP contribution in [0, 0.1) is 5.82 Å². The Kier molecular flexibility index (Phi) is 8.22. The third-order valence-corrected chi connectivity index (χ3v) is 6.70. The molecule has 0 spiro atoms. The summed E-state index contributed by atoms with van der Waals surface area (Å²) in [6.07, 6.45) is 1.13. The van der Waals surface area contributed by atoms with E-state index in [4.69, 9.17) is 9.47 Å². The number of carboxylic acids is 1. The van der Waals surface area contributed by atoms with E-state index in [1.165, 1.54) is 56.7 Å². The number of anilines is 1. The standard InChI is InChI=1S/C24H22FN3O7S/c1-34-21-12-11-19(13-22(21)35-2)36(32,33)28(18-9-7-17(25)8-10-18)15-23(29)27-26-14-16-5-3-4-6-20(16)24(30)31/h3-14H,15H2,1-2H3,(H,27,29)(H,30,31)/b26-14-. The lowest BCUT2D eigenvalue weighted by molar-refractivity contribution is -0.119. The summed E-state index contributed by atoms with van der Waals surface area (Å²) in [5.74, 6) is -2.13. The van der Waals surface area contributed by atoms with Crippen molar-refractivity contribution in [2.45, 2.75) is 4.90 Å². The van der Waals surface area contributed by atoms with Crippen LogP contribution >= 0.6 is 0 Å². The predicted molar refractivity (Wildman–Crippen MR) is 130 cm³/mol. The van der Waals surface area contributed by atoms with Crippen LogP contribution in [-0.4, -0.2) is 52.4 Å². The molecule has 0 aliphatic heterocycles. The maximum atomic E-state index is 13.5. The highest BCUT2D eigenvalue weighted by molar-refractivity contribution is 7.92. The normalized spacial score (nSPS) is 11.2. The molecule has 0 saturated carbocycles. The minimum Gasteiger partial charge on any atom is -0.493 e. The molecule has 188 valence electrons. The van der Waals surface area contributed by atoms with Crippen molar-refractivity contribution in [3.05, 3.63) is 83.7 Å². The summed E-state index contributed by atoms with van der Waals surface area (Å²) in [5.41, 5.74) is 2.42. The number of rotatable bonds is 10. The van der Waals surface area contributed by atoms with Crippen molar-refractivity contribution in [1.82, 2.24) is 5.43 Å². The minimum absolute atomic E-state index is 0.0283. The van der Waals surface area contributed by atoms with Gasteiger partial charge in [-0.15, -0.1) is 0 Å². The quantitative estimate of drug-likeness (QED) is 0.313. The molecular formula is C24H22FN3O7S. The Labute approximate surface area is 206 Å². The fourth-order valence-electron chi connectivity index (χ4n) is 3.17. The maximum absolute atomic E-state index is 13.5. The molecule has 36 heavy (non-hydrogen) atoms. The van der Waals surface area contributed by atoms with Gasteiger partial charge in [0.1, 0.15) is 12.4 Å². The number of amides is 1. The summed E-state index contributed by atoms with van der Waals surface area (Å²) < 4.78 is 51.6. The molecule has 0 aromatic heterocycles. The first-order valence-corrected chi connectivity index (χ1v) is 11.8. The number of nitrogens with zero attached hydrogens (tertiary/aromatic N) is 2. The van der Waals surface area contributed by atoms with Crippen molar-refractivity contribution in [1.29, 1.82) is 0 Å². The Morgan fingerprint density at radius 2 is 1.69 bits per heavy atom. The van der Waals surface area contributed by atoms with Gasteiger partial charge in [-0.05, 0) is 42.5 Å². The molecule has 0 bridgehead atoms. The van der Waals surface area contributed by atoms with E-state index >= 15 is 0 Å². The van der Waals surface area contributed by atoms with E-state index < -0.39 is 34.3 Å². The van der Waals surface area contributed by atoms with E-state index in [1.54, 1.807) is 12.1 Å². The smallest absolute Gasteiger partial charge is 0.336 e. The molecule has 2 N–H and O–H groups in total. The number of methoxy groups -OCH3 is 2. The fraction of sp³-hybridized carbons (Fsp3) is 0.125. The first-order valence-electron chi connectivity index (χ1n) is 10.3. The van der Waals surface area contributed by atoms with E-state index in [1.807, 2.05) is 0 Å². The van der Waals surface area contributed by atoms with Gasteiger partial charge in [0.25, 0.3) is 15.9 Å². The lowest BCUT2D eigenvalue weighted by Crippen LogP contribution is -2.39. The summed E-state index contributed by atoms with van der Waals surface area (Å²) in [4.78, 5) is 23.8. The van der Waals surface area contributed by atoms with Gasteiger partial charge in [0.15, 0.2) is 11.5 Å². The van der Waals surface area contributed by atoms with Crippen molar-refractivity contribution in [2.75, 3.05) is 25.1 Å². The fourth-order valence-corrected chi connectivity index (χ4v) is 4.61. The Balaban J connectivity index is 1.90. The van der Waals surface area contributed by atoms with Crippen molar-refractivity contribution in [3.63, 3.8) is 0 Å². The highest BCUT2D eigenvalue weighted by Crippen LogP contribution is 2.32. The first-order chi connectivity index (χ1) is 17.2. The van der Waals surface area contributed by atoms with Crippen molar-refractivity contribution < 1.29 is 37.0 Å². The van der Waals surface area contributed by atoms with Crippen LogP contribution in [-0.2, 0) is 14.8 Å². The number of carbonyl (C=O) groups excluding carboxylic acids is 1. The Morgan fingerprint density at radius 3 is 2.33 bits per heavy atom. The highest BCUT2D eigenvalue weighted by atomic mass is 32.2. The molecule has 0 radical (unpaired) electrons. The zero-order valence-electron chi connectivity index (χ0n) is 19.2. The van der Waals surface area contributed by atoms with Crippen LogP contribution in [0.2, 0.25) is 0 Å². The third kappa shape index (κ3) is 5.96. The van der Waals surface area contributed by atoms with Crippen LogP contribution in [0.5, 0.6) is 11.5 Å². The van der Waals surface area contributed by atoms with Gasteiger partial charge >= 0.3 is 5.97 Å². The van der Waals surface area contributed by atoms with Crippen LogP contribution in [0.15, 0.2) is 76.7 Å². The molecule has 0 fully saturated rings. The molecule has 0 unspecified atom stereocenters. The summed E-state index contributed by atoms with van der Waals surface area (Å²) in [7, 11) is -1.58. The average Bonchev–Trinajstić information content (AvgIpc) is 2.87. The number of carboxylic acid groups (broad SMARTS) is 1. The number of nitrogens with one attached hydrogen (secondary N) is 1. The Hall–Kier alpha value is -4.45. The van der Waals surface area contributed by atoms with Gasteiger partial charge in [0.05, 0.1) is 36.6 Å². The van der Waals surface area contributed by atoms with Gasteiger partial charge in [-0.2, -0.15) is 5.10 Å². The van der Waals surface area contributed by atoms with Gasteiger partial charge in [-0.1, -0.05) is 18.2 Å². The Bertz CT molecular complexity index is 1390. The number of hydrogen-bond acceptors (Lipinski definition) is 7. The van der Waals surface area contributed by atoms with Crippen LogP contribution in [0.4, 0.5) is 10.1 Å². The molecule has 0 heterocycles. The molecule has 12 heteroatoms. The second-order valence-electron chi connectivity index (χ2n) is 7.19. The van der Waals surface area contributed by atoms with Crippen molar-refractivity contribution in [3.8, 4) is 11.5 Å². The number of benzene rings is 3. The van der Waals surface area contributed by atoms with Crippen LogP contribution in [0.3, 0.4) is 0 Å². The summed E-state index contributed by atoms with van der Waals surface area (Å²) in [6.45, 7) is -0.708. The maximum Gasteiger partial charge on any atom is 0.336 e. The highest BCUT2D eigenvalue weighted by Gasteiger charge is 2.28. The number of carbonyl (C=O) groups is 2. The third-order valence-electron chi connectivity index (χ3n) is 4.93. The SMILES string of the molecule is COc1ccc(S(=O)(=O)N(CC(=O)N/N=C\c2ccccc2C(=O)O)c2ccc(F)cc2)cc1OC. The van der Waals surface area contributed by atoms with Crippen molar-refractivity contribution >= 4 is 33.8 Å². The first kappa shape index (κ1) is 26.2. The zero-order valence-corrected chi connectivity index (χ0v) is 20.0. The van der Waals surface area contributed by atoms with Gasteiger partial charge in [0.2, 0.25) is 0 Å². The number of sulfonamides is 1. The van der Waals surface area contributed by atoms with Crippen molar-refractivity contribution in [2.24, 2.45) is 5.10 Å². The summed E-state index contributed by atoms with van der Waals surface area (Å²) >= 11 is 0. The van der Waals surface area contributed by atoms with Gasteiger partial charge < -0.3 is 14.6 Å².